The van der Waals surface area contributed by atoms with E-state index in [1.807, 2.05) is 6.20 Å². The zero-order valence-corrected chi connectivity index (χ0v) is 44.2. The van der Waals surface area contributed by atoms with Gasteiger partial charge < -0.3 is 9.55 Å². The van der Waals surface area contributed by atoms with Crippen LogP contribution in [0.15, 0.2) is 140 Å². The van der Waals surface area contributed by atoms with Crippen LogP contribution in [-0.2, 0) is 42.7 Å². The molecule has 4 nitrogen and oxygen atoms in total. The third-order valence-electron chi connectivity index (χ3n) is 13.8. The molecule has 0 aliphatic rings. The smallest absolute Gasteiger partial charge is 0.656 e. The molecule has 5 heteroatoms. The average molecular weight is 1070 g/mol. The molecule has 0 aliphatic heterocycles. The monoisotopic (exact) mass is 1070 g/mol. The van der Waals surface area contributed by atoms with Crippen LogP contribution in [0.5, 0.6) is 0 Å². The SMILES string of the molecule is Cc1ccnc2c(-c3[c-]c(-c4nc5c(-c6cc(C(C)(C)C)cc7c6[n-]c6ccc(C(C)(C)C)cc67)cccc5n4-c4ccc(C(C)(C)C)cc4)cc(-c4ccccc4)c3)cc(C(C)(C)C)cc12.[Pt+2]. The molecule has 0 N–H and O–H groups in total. The minimum Gasteiger partial charge on any atom is -0.656 e. The quantitative estimate of drug-likeness (QED) is 0.161. The summed E-state index contributed by atoms with van der Waals surface area (Å²) in [6.45, 7) is 29.6. The standard InChI is InChI=1S/C63H62N4.Pt/c1-38-28-29-64-56-49(38)34-45(62(8,9)10)35-50(56)41-30-40(39-18-15-14-16-19-39)31-42(32-41)59-66-58-48(20-17-21-55(58)67(59)47-25-22-43(23-26-47)60(2,3)4)52-36-46(63(11,12)13)37-53-51-33-44(61(5,6)7)24-27-54(51)65-57(52)53;/h14-31,33-37H,1-13H3;/q-2;+2. The number of nitrogens with zero attached hydrogens (tertiary/aromatic N) is 4. The van der Waals surface area contributed by atoms with Crippen LogP contribution in [0.4, 0.5) is 0 Å². The largest absolute Gasteiger partial charge is 2.00 e. The van der Waals surface area contributed by atoms with Crippen LogP contribution < -0.4 is 4.98 Å². The van der Waals surface area contributed by atoms with E-state index in [-0.39, 0.29) is 42.7 Å². The molecule has 3 heterocycles. The van der Waals surface area contributed by atoms with Gasteiger partial charge in [-0.1, -0.05) is 197 Å². The first-order chi connectivity index (χ1) is 31.6. The van der Waals surface area contributed by atoms with E-state index >= 15 is 0 Å². The fraction of sp³-hybridized carbons (Fsp3) is 0.270. The average Bonchev–Trinajstić information content (AvgIpc) is 3.86. The second-order valence-electron chi connectivity index (χ2n) is 22.9. The Hall–Kier alpha value is -6.09. The number of pyridine rings is 1. The maximum Gasteiger partial charge on any atom is 2.00 e. The van der Waals surface area contributed by atoms with Crippen molar-refractivity contribution in [2.75, 3.05) is 0 Å². The van der Waals surface area contributed by atoms with Crippen molar-refractivity contribution in [3.8, 4) is 50.5 Å². The Morgan fingerprint density at radius 1 is 0.485 bits per heavy atom. The zero-order valence-electron chi connectivity index (χ0n) is 41.9. The van der Waals surface area contributed by atoms with Crippen LogP contribution in [-0.4, -0.2) is 14.5 Å². The minimum atomic E-state index is -0.105. The predicted molar refractivity (Wildman–Crippen MR) is 285 cm³/mol. The number of aryl methyl sites for hydroxylation is 1. The van der Waals surface area contributed by atoms with Crippen molar-refractivity contribution in [3.05, 3.63) is 174 Å². The van der Waals surface area contributed by atoms with E-state index in [4.69, 9.17) is 15.0 Å². The van der Waals surface area contributed by atoms with Crippen molar-refractivity contribution in [2.24, 2.45) is 0 Å². The van der Waals surface area contributed by atoms with E-state index in [0.29, 0.717) is 0 Å². The van der Waals surface area contributed by atoms with Gasteiger partial charge in [-0.3, -0.25) is 9.97 Å². The molecule has 344 valence electrons. The number of rotatable bonds is 5. The molecule has 68 heavy (non-hydrogen) atoms. The van der Waals surface area contributed by atoms with Gasteiger partial charge in [-0.05, 0) is 108 Å². The predicted octanol–water partition coefficient (Wildman–Crippen LogP) is 16.8. The summed E-state index contributed by atoms with van der Waals surface area (Å²) >= 11 is 0. The molecule has 0 saturated carbocycles. The molecule has 7 aromatic carbocycles. The maximum atomic E-state index is 5.80. The topological polar surface area (TPSA) is 44.8 Å². The Bertz CT molecular complexity index is 3540. The molecule has 0 radical (unpaired) electrons. The van der Waals surface area contributed by atoms with E-state index in [0.717, 1.165) is 83.4 Å². The van der Waals surface area contributed by atoms with Crippen molar-refractivity contribution in [1.82, 2.24) is 19.5 Å². The molecule has 10 rings (SSSR count). The van der Waals surface area contributed by atoms with Crippen LogP contribution >= 0.6 is 0 Å². The summed E-state index contributed by atoms with van der Waals surface area (Å²) in [6.07, 6.45) is 1.93. The Morgan fingerprint density at radius 2 is 1.09 bits per heavy atom. The molecule has 0 saturated heterocycles. The van der Waals surface area contributed by atoms with Crippen LogP contribution in [0.3, 0.4) is 0 Å². The van der Waals surface area contributed by atoms with Gasteiger partial charge in [-0.2, -0.15) is 0 Å². The summed E-state index contributed by atoms with van der Waals surface area (Å²) in [6, 6.07) is 53.2. The molecular weight excluding hydrogens is 1010 g/mol. The normalized spacial score (nSPS) is 12.7. The van der Waals surface area contributed by atoms with Gasteiger partial charge in [-0.25, -0.2) is 0 Å². The third kappa shape index (κ3) is 8.44. The van der Waals surface area contributed by atoms with Gasteiger partial charge >= 0.3 is 21.1 Å². The molecule has 0 atom stereocenters. The minimum absolute atomic E-state index is 0. The first-order valence-electron chi connectivity index (χ1n) is 23.8. The van der Waals surface area contributed by atoms with Crippen molar-refractivity contribution < 1.29 is 21.1 Å². The fourth-order valence-corrected chi connectivity index (χ4v) is 9.56. The van der Waals surface area contributed by atoms with Crippen molar-refractivity contribution in [3.63, 3.8) is 0 Å². The molecule has 10 aromatic rings. The molecular formula is C63H62N4Pt. The first-order valence-corrected chi connectivity index (χ1v) is 23.8. The number of fused-ring (bicyclic) bond motifs is 5. The molecule has 3 aromatic heterocycles. The number of hydrogen-bond acceptors (Lipinski definition) is 2. The summed E-state index contributed by atoms with van der Waals surface area (Å²) in [5, 5.41) is 3.53. The summed E-state index contributed by atoms with van der Waals surface area (Å²) in [7, 11) is 0. The van der Waals surface area contributed by atoms with Crippen molar-refractivity contribution in [1.29, 1.82) is 0 Å². The summed E-state index contributed by atoms with van der Waals surface area (Å²) in [5.41, 5.74) is 19.4. The fourth-order valence-electron chi connectivity index (χ4n) is 9.56. The van der Waals surface area contributed by atoms with Gasteiger partial charge in [0.1, 0.15) is 0 Å². The molecule has 0 aliphatic carbocycles. The molecule has 0 bridgehead atoms. The van der Waals surface area contributed by atoms with Gasteiger partial charge in [0.15, 0.2) is 0 Å². The summed E-state index contributed by atoms with van der Waals surface area (Å²) < 4.78 is 2.34. The Kier molecular flexibility index (Phi) is 11.6. The molecule has 0 fully saturated rings. The summed E-state index contributed by atoms with van der Waals surface area (Å²) in [4.78, 5) is 16.3. The van der Waals surface area contributed by atoms with Gasteiger partial charge in [-0.15, -0.1) is 34.8 Å². The van der Waals surface area contributed by atoms with Gasteiger partial charge in [0.2, 0.25) is 0 Å². The number of hydrogen-bond donors (Lipinski definition) is 0. The van der Waals surface area contributed by atoms with E-state index < -0.39 is 0 Å². The zero-order chi connectivity index (χ0) is 47.4. The van der Waals surface area contributed by atoms with E-state index in [1.54, 1.807) is 0 Å². The number of benzene rings is 7. The van der Waals surface area contributed by atoms with Gasteiger partial charge in [0.25, 0.3) is 0 Å². The van der Waals surface area contributed by atoms with Crippen LogP contribution in [0.25, 0.3) is 94.2 Å². The first kappa shape index (κ1) is 47.0. The second-order valence-corrected chi connectivity index (χ2v) is 22.9. The Morgan fingerprint density at radius 3 is 1.75 bits per heavy atom. The Balaban J connectivity index is 0.00000578. The summed E-state index contributed by atoms with van der Waals surface area (Å²) in [5.74, 6) is 0.823. The molecule has 0 spiro atoms. The number of aromatic nitrogens is 4. The molecule has 0 amide bonds. The number of para-hydroxylation sites is 1. The third-order valence-corrected chi connectivity index (χ3v) is 13.8. The Labute approximate surface area is 417 Å². The van der Waals surface area contributed by atoms with E-state index in [9.17, 15) is 0 Å². The number of imidazole rings is 1. The van der Waals surface area contributed by atoms with E-state index in [2.05, 4.69) is 234 Å². The van der Waals surface area contributed by atoms with E-state index in [1.165, 1.54) is 38.6 Å². The van der Waals surface area contributed by atoms with Gasteiger partial charge in [0.05, 0.1) is 16.9 Å². The van der Waals surface area contributed by atoms with Crippen molar-refractivity contribution >= 4 is 43.7 Å². The molecule has 0 unspecified atom stereocenters. The van der Waals surface area contributed by atoms with Crippen LogP contribution in [0.2, 0.25) is 0 Å². The maximum absolute atomic E-state index is 5.80. The van der Waals surface area contributed by atoms with Gasteiger partial charge in [0, 0.05) is 23.0 Å². The second kappa shape index (κ2) is 16.8. The van der Waals surface area contributed by atoms with Crippen LogP contribution in [0, 0.1) is 13.0 Å². The van der Waals surface area contributed by atoms with Crippen LogP contribution in [0.1, 0.15) is 111 Å². The van der Waals surface area contributed by atoms with Crippen molar-refractivity contribution in [2.45, 2.75) is 112 Å².